The fourth-order valence-electron chi connectivity index (χ4n) is 2.96. The van der Waals surface area contributed by atoms with Gasteiger partial charge in [0.25, 0.3) is 5.85 Å². The first kappa shape index (κ1) is 21.1. The van der Waals surface area contributed by atoms with Crippen LogP contribution >= 0.6 is 19.2 Å². The summed E-state index contributed by atoms with van der Waals surface area (Å²) < 4.78 is 28.9. The third kappa shape index (κ3) is 4.51. The van der Waals surface area contributed by atoms with E-state index in [-0.39, 0.29) is 18.5 Å². The molecular formula is C15H20ClN4O7P. The molecule has 0 radical (unpaired) electrons. The van der Waals surface area contributed by atoms with E-state index in [0.29, 0.717) is 29.7 Å². The summed E-state index contributed by atoms with van der Waals surface area (Å²) in [6, 6.07) is 0. The minimum Gasteiger partial charge on any atom is -0.464 e. The van der Waals surface area contributed by atoms with E-state index in [0.717, 1.165) is 0 Å². The van der Waals surface area contributed by atoms with E-state index >= 15 is 0 Å². The lowest BCUT2D eigenvalue weighted by Crippen LogP contribution is -2.30. The van der Waals surface area contributed by atoms with Crippen molar-refractivity contribution in [2.24, 2.45) is 0 Å². The van der Waals surface area contributed by atoms with Crippen LogP contribution in [0, 0.1) is 6.92 Å². The van der Waals surface area contributed by atoms with Crippen molar-refractivity contribution in [1.29, 1.82) is 0 Å². The van der Waals surface area contributed by atoms with Crippen LogP contribution in [0.25, 0.3) is 11.2 Å². The van der Waals surface area contributed by atoms with Crippen LogP contribution in [-0.4, -0.2) is 60.4 Å². The van der Waals surface area contributed by atoms with E-state index in [2.05, 4.69) is 19.7 Å². The van der Waals surface area contributed by atoms with Gasteiger partial charge in [0.15, 0.2) is 5.65 Å². The molecule has 11 nitrogen and oxygen atoms in total. The Labute approximate surface area is 165 Å². The third-order valence-electron chi connectivity index (χ3n) is 4.20. The van der Waals surface area contributed by atoms with Gasteiger partial charge < -0.3 is 24.0 Å². The van der Waals surface area contributed by atoms with Gasteiger partial charge in [-0.2, -0.15) is 4.98 Å². The van der Waals surface area contributed by atoms with Crippen LogP contribution < -0.4 is 0 Å². The minimum absolute atomic E-state index is 0.0156. The number of rotatable bonds is 7. The van der Waals surface area contributed by atoms with Gasteiger partial charge in [-0.25, -0.2) is 14.8 Å². The van der Waals surface area contributed by atoms with Crippen molar-refractivity contribution in [1.82, 2.24) is 19.5 Å². The number of carbonyl (C=O) groups excluding carboxylic acids is 1. The molecule has 1 aliphatic rings. The quantitative estimate of drug-likeness (QED) is 0.373. The predicted molar refractivity (Wildman–Crippen MR) is 96.6 cm³/mol. The number of aryl methyl sites for hydroxylation is 1. The number of ether oxygens (including phenoxy) is 3. The second-order valence-corrected chi connectivity index (χ2v) is 8.20. The van der Waals surface area contributed by atoms with Crippen LogP contribution in [-0.2, 0) is 23.6 Å². The van der Waals surface area contributed by atoms with E-state index in [1.165, 1.54) is 6.92 Å². The molecule has 2 aromatic rings. The first-order valence-electron chi connectivity index (χ1n) is 8.56. The van der Waals surface area contributed by atoms with E-state index < -0.39 is 31.7 Å². The van der Waals surface area contributed by atoms with Gasteiger partial charge in [0.2, 0.25) is 5.28 Å². The summed E-state index contributed by atoms with van der Waals surface area (Å²) in [6.45, 7) is 3.12. The number of hydrogen-bond acceptors (Lipinski definition) is 8. The topological polar surface area (TPSA) is 146 Å². The maximum absolute atomic E-state index is 11.7. The molecule has 1 fully saturated rings. The molecule has 13 heteroatoms. The summed E-state index contributed by atoms with van der Waals surface area (Å²) in [4.78, 5) is 42.9. The number of carbonyl (C=O) groups is 1. The number of imidazole rings is 1. The van der Waals surface area contributed by atoms with Gasteiger partial charge in [0, 0.05) is 0 Å². The van der Waals surface area contributed by atoms with Gasteiger partial charge >= 0.3 is 13.6 Å². The number of aromatic nitrogens is 4. The Hall–Kier alpha value is -1.62. The Kier molecular flexibility index (Phi) is 6.33. The summed E-state index contributed by atoms with van der Waals surface area (Å²) >= 11 is 5.93. The van der Waals surface area contributed by atoms with E-state index in [1.54, 1.807) is 17.8 Å². The molecule has 3 atom stereocenters. The molecule has 3 heterocycles. The Morgan fingerprint density at radius 3 is 2.89 bits per heavy atom. The van der Waals surface area contributed by atoms with Crippen LogP contribution in [0.15, 0.2) is 6.33 Å². The average molecular weight is 435 g/mol. The molecule has 0 spiro atoms. The highest BCUT2D eigenvalue weighted by Crippen LogP contribution is 2.43. The van der Waals surface area contributed by atoms with Crippen LogP contribution in [0.4, 0.5) is 0 Å². The van der Waals surface area contributed by atoms with Crippen molar-refractivity contribution >= 4 is 36.3 Å². The van der Waals surface area contributed by atoms with E-state index in [1.807, 2.05) is 0 Å². The van der Waals surface area contributed by atoms with Crippen LogP contribution in [0.5, 0.6) is 0 Å². The van der Waals surface area contributed by atoms with E-state index in [4.69, 9.17) is 21.1 Å². The Balaban J connectivity index is 1.67. The smallest absolute Gasteiger partial charge is 0.365 e. The largest absolute Gasteiger partial charge is 0.464 e. The number of hydrogen-bond donors (Lipinski definition) is 2. The van der Waals surface area contributed by atoms with Gasteiger partial charge in [0.05, 0.1) is 31.3 Å². The van der Waals surface area contributed by atoms with Crippen molar-refractivity contribution in [3.8, 4) is 0 Å². The van der Waals surface area contributed by atoms with E-state index in [9.17, 15) is 19.1 Å². The lowest BCUT2D eigenvalue weighted by molar-refractivity contribution is -0.154. The average Bonchev–Trinajstić information content (AvgIpc) is 3.20. The molecule has 0 amide bonds. The lowest BCUT2D eigenvalue weighted by atomic mass is 10.2. The highest BCUT2D eigenvalue weighted by Gasteiger charge is 2.39. The molecule has 0 aliphatic carbocycles. The highest BCUT2D eigenvalue weighted by atomic mass is 35.5. The molecule has 2 N–H and O–H groups in total. The van der Waals surface area contributed by atoms with Crippen molar-refractivity contribution < 1.29 is 33.4 Å². The van der Waals surface area contributed by atoms with Crippen LogP contribution in [0.1, 0.15) is 31.7 Å². The molecule has 154 valence electrons. The molecule has 28 heavy (non-hydrogen) atoms. The van der Waals surface area contributed by atoms with Crippen LogP contribution in [0.2, 0.25) is 5.28 Å². The summed E-state index contributed by atoms with van der Waals surface area (Å²) in [7, 11) is -4.82. The van der Waals surface area contributed by atoms with Gasteiger partial charge in [-0.3, -0.25) is 9.13 Å². The molecule has 0 aromatic carbocycles. The molecule has 0 bridgehead atoms. The zero-order valence-corrected chi connectivity index (χ0v) is 16.8. The van der Waals surface area contributed by atoms with Gasteiger partial charge in [-0.15, -0.1) is 0 Å². The minimum atomic E-state index is -4.82. The lowest BCUT2D eigenvalue weighted by Gasteiger charge is -2.20. The molecule has 3 rings (SSSR count). The highest BCUT2D eigenvalue weighted by molar-refractivity contribution is 7.53. The Morgan fingerprint density at radius 1 is 1.46 bits per heavy atom. The van der Waals surface area contributed by atoms with Crippen molar-refractivity contribution in [3.05, 3.63) is 17.3 Å². The summed E-state index contributed by atoms with van der Waals surface area (Å²) in [6.07, 6.45) is 1.86. The maximum atomic E-state index is 11.7. The molecule has 1 aliphatic heterocycles. The maximum Gasteiger partial charge on any atom is 0.365 e. The van der Waals surface area contributed by atoms with Crippen molar-refractivity contribution in [2.45, 2.75) is 44.9 Å². The zero-order valence-electron chi connectivity index (χ0n) is 15.2. The number of halogens is 1. The van der Waals surface area contributed by atoms with Crippen LogP contribution in [0.3, 0.4) is 0 Å². The molecule has 2 aromatic heterocycles. The zero-order chi connectivity index (χ0) is 20.5. The normalized spacial score (nSPS) is 21.2. The molecular weight excluding hydrogens is 415 g/mol. The summed E-state index contributed by atoms with van der Waals surface area (Å²) in [5.74, 6) is -3.08. The van der Waals surface area contributed by atoms with Gasteiger partial charge in [-0.1, -0.05) is 0 Å². The molecule has 0 saturated carbocycles. The monoisotopic (exact) mass is 434 g/mol. The van der Waals surface area contributed by atoms with Crippen molar-refractivity contribution in [3.63, 3.8) is 0 Å². The second kappa shape index (κ2) is 8.40. The predicted octanol–water partition coefficient (Wildman–Crippen LogP) is 1.55. The Morgan fingerprint density at radius 2 is 2.21 bits per heavy atom. The second-order valence-electron chi connectivity index (χ2n) is 6.22. The Bertz CT molecular complexity index is 917. The number of nitrogens with zero attached hydrogens (tertiary/aromatic N) is 4. The third-order valence-corrected chi connectivity index (χ3v) is 5.34. The fraction of sp³-hybridized carbons (Fsp3) is 0.600. The SMILES string of the molecule is CCOC(=O)C(OCC1CCC(n2cnc3c(C)nc(Cl)nc32)O1)P(=O)(O)O. The fourth-order valence-corrected chi connectivity index (χ4v) is 3.80. The standard InChI is InChI=1S/C15H20ClN4O7P/c1-3-25-13(21)14(28(22,23)24)26-6-9-4-5-10(27-9)20-7-17-11-8(2)18-15(16)19-12(11)20/h7,9-10,14H,3-6H2,1-2H3,(H2,22,23,24). The summed E-state index contributed by atoms with van der Waals surface area (Å²) in [5, 5.41) is 0.101. The first-order valence-corrected chi connectivity index (χ1v) is 10.6. The summed E-state index contributed by atoms with van der Waals surface area (Å²) in [5.41, 5.74) is 1.78. The van der Waals surface area contributed by atoms with Crippen molar-refractivity contribution in [2.75, 3.05) is 13.2 Å². The van der Waals surface area contributed by atoms with Gasteiger partial charge in [0.1, 0.15) is 11.7 Å². The number of fused-ring (bicyclic) bond motifs is 1. The molecule has 1 saturated heterocycles. The van der Waals surface area contributed by atoms with Gasteiger partial charge in [-0.05, 0) is 38.3 Å². The molecule has 3 unspecified atom stereocenters. The first-order chi connectivity index (χ1) is 13.2. The number of esters is 1.